The molecule has 3 nitrogen and oxygen atoms in total. The van der Waals surface area contributed by atoms with Crippen molar-refractivity contribution in [3.05, 3.63) is 164 Å². The number of fused-ring (bicyclic) bond motifs is 11. The largest absolute Gasteiger partial charge is 0.309 e. The fourth-order valence-corrected chi connectivity index (χ4v) is 9.13. The predicted molar refractivity (Wildman–Crippen MR) is 213 cm³/mol. The van der Waals surface area contributed by atoms with Crippen LogP contribution in [0.3, 0.4) is 0 Å². The van der Waals surface area contributed by atoms with Crippen LogP contribution in [0.2, 0.25) is 0 Å². The summed E-state index contributed by atoms with van der Waals surface area (Å²) in [6.07, 6.45) is 0. The van der Waals surface area contributed by atoms with Crippen LogP contribution in [-0.4, -0.2) is 14.5 Å². The number of hydrogen-bond acceptors (Lipinski definition) is 3. The van der Waals surface area contributed by atoms with Crippen molar-refractivity contribution in [3.63, 3.8) is 0 Å². The summed E-state index contributed by atoms with van der Waals surface area (Å²) < 4.78 is 4.93. The van der Waals surface area contributed by atoms with Gasteiger partial charge in [-0.2, -0.15) is 0 Å². The molecule has 0 amide bonds. The molecule has 0 aliphatic carbocycles. The molecule has 8 aromatic carbocycles. The Morgan fingerprint density at radius 3 is 1.66 bits per heavy atom. The molecule has 0 radical (unpaired) electrons. The molecule has 0 atom stereocenters. The predicted octanol–water partition coefficient (Wildman–Crippen LogP) is 12.7. The van der Waals surface area contributed by atoms with E-state index in [1.165, 1.54) is 63.5 Å². The van der Waals surface area contributed by atoms with Crippen molar-refractivity contribution in [2.45, 2.75) is 0 Å². The van der Waals surface area contributed by atoms with E-state index in [4.69, 9.17) is 9.97 Å². The lowest BCUT2D eigenvalue weighted by Crippen LogP contribution is -1.97. The fraction of sp³-hybridized carbons (Fsp3) is 0. The molecule has 3 aromatic heterocycles. The quantitative estimate of drug-likeness (QED) is 0.190. The van der Waals surface area contributed by atoms with Crippen molar-refractivity contribution in [2.24, 2.45) is 0 Å². The van der Waals surface area contributed by atoms with Gasteiger partial charge in [0.15, 0.2) is 0 Å². The molecule has 4 heteroatoms. The average molecular weight is 654 g/mol. The lowest BCUT2D eigenvalue weighted by atomic mass is 10.00. The van der Waals surface area contributed by atoms with E-state index in [-0.39, 0.29) is 0 Å². The molecule has 0 unspecified atom stereocenters. The van der Waals surface area contributed by atoms with Gasteiger partial charge >= 0.3 is 0 Å². The number of hydrogen-bond donors (Lipinski definition) is 0. The Bertz CT molecular complexity index is 3060. The molecule has 0 fully saturated rings. The highest BCUT2D eigenvalue weighted by molar-refractivity contribution is 7.26. The molecule has 232 valence electrons. The molecule has 11 aromatic rings. The van der Waals surface area contributed by atoms with E-state index < -0.39 is 0 Å². The maximum Gasteiger partial charge on any atom is 0.0987 e. The third-order valence-corrected chi connectivity index (χ3v) is 11.4. The molecule has 11 rings (SSSR count). The lowest BCUT2D eigenvalue weighted by Gasteiger charge is -2.13. The smallest absolute Gasteiger partial charge is 0.0987 e. The van der Waals surface area contributed by atoms with Crippen LogP contribution in [0, 0.1) is 0 Å². The SMILES string of the molecule is c1ccc2c(c1)ccc1c2c2c3ccccc3ccc2n1-c1ccc(-c2nc3ccccc3nc2-c2cccc3c2sc2ccccc23)cc1. The first-order valence-electron chi connectivity index (χ1n) is 16.9. The first-order chi connectivity index (χ1) is 24.8. The molecule has 0 aliphatic heterocycles. The molecular weight excluding hydrogens is 627 g/mol. The molecule has 50 heavy (non-hydrogen) atoms. The number of rotatable bonds is 3. The van der Waals surface area contributed by atoms with Gasteiger partial charge in [-0.15, -0.1) is 11.3 Å². The van der Waals surface area contributed by atoms with Crippen LogP contribution >= 0.6 is 11.3 Å². The number of para-hydroxylation sites is 2. The fourth-order valence-electron chi connectivity index (χ4n) is 7.92. The third kappa shape index (κ3) is 3.97. The maximum absolute atomic E-state index is 5.29. The monoisotopic (exact) mass is 653 g/mol. The van der Waals surface area contributed by atoms with Crippen LogP contribution in [-0.2, 0) is 0 Å². The Labute approximate surface area is 291 Å². The maximum atomic E-state index is 5.29. The van der Waals surface area contributed by atoms with Gasteiger partial charge in [-0.25, -0.2) is 9.97 Å². The summed E-state index contributed by atoms with van der Waals surface area (Å²) in [5.41, 5.74) is 9.24. The Morgan fingerprint density at radius 2 is 0.980 bits per heavy atom. The molecule has 0 aliphatic rings. The van der Waals surface area contributed by atoms with E-state index in [1.54, 1.807) is 0 Å². The van der Waals surface area contributed by atoms with Gasteiger partial charge in [-0.3, -0.25) is 0 Å². The van der Waals surface area contributed by atoms with Crippen molar-refractivity contribution < 1.29 is 0 Å². The minimum atomic E-state index is 0.888. The van der Waals surface area contributed by atoms with Crippen LogP contribution < -0.4 is 0 Å². The van der Waals surface area contributed by atoms with Crippen LogP contribution in [0.1, 0.15) is 0 Å². The number of benzene rings is 8. The molecule has 0 bridgehead atoms. The van der Waals surface area contributed by atoms with Crippen LogP contribution in [0.4, 0.5) is 0 Å². The van der Waals surface area contributed by atoms with Gasteiger partial charge in [-0.05, 0) is 64.0 Å². The van der Waals surface area contributed by atoms with Crippen LogP contribution in [0.25, 0.3) is 103 Å². The first-order valence-corrected chi connectivity index (χ1v) is 17.7. The highest BCUT2D eigenvalue weighted by Crippen LogP contribution is 2.43. The van der Waals surface area contributed by atoms with Gasteiger partial charge in [0, 0.05) is 47.8 Å². The van der Waals surface area contributed by atoms with E-state index in [2.05, 4.69) is 156 Å². The van der Waals surface area contributed by atoms with Gasteiger partial charge in [0.1, 0.15) is 0 Å². The van der Waals surface area contributed by atoms with Gasteiger partial charge in [0.2, 0.25) is 0 Å². The van der Waals surface area contributed by atoms with Gasteiger partial charge in [0.05, 0.1) is 33.5 Å². The van der Waals surface area contributed by atoms with E-state index in [1.807, 2.05) is 23.5 Å². The van der Waals surface area contributed by atoms with E-state index in [9.17, 15) is 0 Å². The summed E-state index contributed by atoms with van der Waals surface area (Å²) in [4.78, 5) is 10.6. The average Bonchev–Trinajstić information content (AvgIpc) is 3.74. The molecule has 0 saturated carbocycles. The second kappa shape index (κ2) is 10.6. The molecule has 0 N–H and O–H groups in total. The van der Waals surface area contributed by atoms with Crippen molar-refractivity contribution in [1.82, 2.24) is 14.5 Å². The zero-order chi connectivity index (χ0) is 32.8. The highest BCUT2D eigenvalue weighted by Gasteiger charge is 2.20. The zero-order valence-electron chi connectivity index (χ0n) is 26.8. The van der Waals surface area contributed by atoms with E-state index >= 15 is 0 Å². The van der Waals surface area contributed by atoms with Crippen LogP contribution in [0.15, 0.2) is 164 Å². The Hall–Kier alpha value is -6.36. The Kier molecular flexibility index (Phi) is 5.83. The first kappa shape index (κ1) is 27.6. The minimum absolute atomic E-state index is 0.888. The molecule has 0 spiro atoms. The second-order valence-corrected chi connectivity index (χ2v) is 14.0. The number of nitrogens with zero attached hydrogens (tertiary/aromatic N) is 3. The summed E-state index contributed by atoms with van der Waals surface area (Å²) in [6, 6.07) is 58.8. The highest BCUT2D eigenvalue weighted by atomic mass is 32.1. The Morgan fingerprint density at radius 1 is 0.420 bits per heavy atom. The van der Waals surface area contributed by atoms with Gasteiger partial charge in [0.25, 0.3) is 0 Å². The topological polar surface area (TPSA) is 30.7 Å². The summed E-state index contributed by atoms with van der Waals surface area (Å²) in [7, 11) is 0. The summed E-state index contributed by atoms with van der Waals surface area (Å²) >= 11 is 1.83. The molecule has 0 saturated heterocycles. The number of aromatic nitrogens is 3. The van der Waals surface area contributed by atoms with Gasteiger partial charge < -0.3 is 4.57 Å². The molecule has 3 heterocycles. The number of thiophene rings is 1. The van der Waals surface area contributed by atoms with Crippen molar-refractivity contribution >= 4 is 85.9 Å². The van der Waals surface area contributed by atoms with E-state index in [0.717, 1.165) is 39.2 Å². The minimum Gasteiger partial charge on any atom is -0.309 e. The van der Waals surface area contributed by atoms with Crippen molar-refractivity contribution in [1.29, 1.82) is 0 Å². The summed E-state index contributed by atoms with van der Waals surface area (Å²) in [5, 5.41) is 10.2. The van der Waals surface area contributed by atoms with Crippen LogP contribution in [0.5, 0.6) is 0 Å². The lowest BCUT2D eigenvalue weighted by molar-refractivity contribution is 1.18. The van der Waals surface area contributed by atoms with E-state index in [0.29, 0.717) is 0 Å². The summed E-state index contributed by atoms with van der Waals surface area (Å²) in [5.74, 6) is 0. The van der Waals surface area contributed by atoms with Gasteiger partial charge in [-0.1, -0.05) is 121 Å². The van der Waals surface area contributed by atoms with Crippen molar-refractivity contribution in [2.75, 3.05) is 0 Å². The van der Waals surface area contributed by atoms with Crippen molar-refractivity contribution in [3.8, 4) is 28.2 Å². The summed E-state index contributed by atoms with van der Waals surface area (Å²) in [6.45, 7) is 0. The molecular formula is C46H27N3S. The standard InChI is InChI=1S/C46H27N3S/c1-3-12-32-28(10-1)22-26-39-42(32)43-33-13-4-2-11-29(33)23-27-40(43)49(39)31-24-20-30(21-25-31)44-45(48-38-18-7-6-17-37(38)47-44)36-16-9-15-35-34-14-5-8-19-41(34)50-46(35)36/h1-27H. The Balaban J connectivity index is 1.15. The second-order valence-electron chi connectivity index (χ2n) is 12.9. The normalized spacial score (nSPS) is 12.0. The third-order valence-electron chi connectivity index (χ3n) is 10.2. The zero-order valence-corrected chi connectivity index (χ0v) is 27.7.